The van der Waals surface area contributed by atoms with Crippen molar-refractivity contribution in [2.45, 2.75) is 5.25 Å². The highest BCUT2D eigenvalue weighted by atomic mass is 32.2. The number of hydrogen-bond donors (Lipinski definition) is 1. The van der Waals surface area contributed by atoms with Gasteiger partial charge in [-0.2, -0.15) is 28.8 Å². The number of nitriles is 1. The second-order valence-corrected chi connectivity index (χ2v) is 7.20. The molecule has 1 unspecified atom stereocenters. The lowest BCUT2D eigenvalue weighted by Gasteiger charge is -2.21. The van der Waals surface area contributed by atoms with Gasteiger partial charge in [-0.05, 0) is 12.1 Å². The van der Waals surface area contributed by atoms with Crippen LogP contribution in [0.5, 0.6) is 0 Å². The molecule has 2 heterocycles. The fourth-order valence-electron chi connectivity index (χ4n) is 2.20. The molecule has 3 nitrogen and oxygen atoms in total. The summed E-state index contributed by atoms with van der Waals surface area (Å²) in [5, 5.41) is 14.3. The monoisotopic (exact) mass is 301 g/mol. The zero-order valence-electron chi connectivity index (χ0n) is 11.0. The molecule has 0 spiro atoms. The van der Waals surface area contributed by atoms with E-state index in [2.05, 4.69) is 16.4 Å². The number of pyridine rings is 1. The van der Waals surface area contributed by atoms with Crippen LogP contribution in [0.1, 0.15) is 5.56 Å². The highest BCUT2D eigenvalue weighted by Gasteiger charge is 2.15. The first-order valence-corrected chi connectivity index (χ1v) is 8.80. The van der Waals surface area contributed by atoms with E-state index < -0.39 is 0 Å². The van der Waals surface area contributed by atoms with Crippen molar-refractivity contribution in [2.75, 3.05) is 29.1 Å². The second kappa shape index (κ2) is 6.38. The van der Waals surface area contributed by atoms with E-state index in [1.165, 1.54) is 17.3 Å². The fourth-order valence-corrected chi connectivity index (χ4v) is 4.81. The number of hydrogen-bond acceptors (Lipinski definition) is 5. The maximum Gasteiger partial charge on any atom is 0.144 e. The lowest BCUT2D eigenvalue weighted by molar-refractivity contribution is 0.994. The third-order valence-electron chi connectivity index (χ3n) is 3.23. The van der Waals surface area contributed by atoms with E-state index in [1.54, 1.807) is 0 Å². The average molecular weight is 301 g/mol. The minimum absolute atomic E-state index is 0.605. The summed E-state index contributed by atoms with van der Waals surface area (Å²) in [6, 6.07) is 12.1. The van der Waals surface area contributed by atoms with Gasteiger partial charge in [0, 0.05) is 34.4 Å². The Hall–Kier alpha value is -1.38. The SMILES string of the molecule is N#Cc1cc2ccccc2nc1NCC1CSCCS1. The molecule has 0 amide bonds. The standard InChI is InChI=1S/C15H15N3S2/c16-8-12-7-11-3-1-2-4-14(11)18-15(12)17-9-13-10-19-5-6-20-13/h1-4,7,13H,5-6,9-10H2,(H,17,18). The Morgan fingerprint density at radius 2 is 2.25 bits per heavy atom. The van der Waals surface area contributed by atoms with Crippen LogP contribution in [0.15, 0.2) is 30.3 Å². The molecule has 2 aromatic rings. The molecule has 102 valence electrons. The summed E-state index contributed by atoms with van der Waals surface area (Å²) in [5.74, 6) is 4.35. The molecular formula is C15H15N3S2. The number of nitrogens with one attached hydrogen (secondary N) is 1. The van der Waals surface area contributed by atoms with Gasteiger partial charge in [-0.3, -0.25) is 0 Å². The van der Waals surface area contributed by atoms with Crippen molar-refractivity contribution in [3.63, 3.8) is 0 Å². The van der Waals surface area contributed by atoms with E-state index in [0.717, 1.165) is 17.4 Å². The third-order valence-corrected chi connectivity index (χ3v) is 6.07. The molecule has 1 saturated heterocycles. The number of fused-ring (bicyclic) bond motifs is 1. The molecule has 20 heavy (non-hydrogen) atoms. The molecule has 1 N–H and O–H groups in total. The topological polar surface area (TPSA) is 48.7 Å². The molecule has 5 heteroatoms. The third kappa shape index (κ3) is 3.02. The number of thioether (sulfide) groups is 2. The van der Waals surface area contributed by atoms with E-state index in [4.69, 9.17) is 0 Å². The molecule has 1 atom stereocenters. The average Bonchev–Trinajstić information content (AvgIpc) is 2.53. The van der Waals surface area contributed by atoms with Gasteiger partial charge in [0.25, 0.3) is 0 Å². The van der Waals surface area contributed by atoms with Crippen LogP contribution in [-0.4, -0.2) is 34.0 Å². The van der Waals surface area contributed by atoms with E-state index in [9.17, 15) is 5.26 Å². The number of rotatable bonds is 3. The number of para-hydroxylation sites is 1. The molecule has 0 aliphatic carbocycles. The van der Waals surface area contributed by atoms with E-state index in [0.29, 0.717) is 16.6 Å². The van der Waals surface area contributed by atoms with Gasteiger partial charge >= 0.3 is 0 Å². The summed E-state index contributed by atoms with van der Waals surface area (Å²) in [5.41, 5.74) is 1.55. The van der Waals surface area contributed by atoms with Gasteiger partial charge in [0.05, 0.1) is 11.1 Å². The molecule has 1 aromatic carbocycles. The van der Waals surface area contributed by atoms with Crippen LogP contribution in [0.3, 0.4) is 0 Å². The smallest absolute Gasteiger partial charge is 0.144 e. The molecule has 0 radical (unpaired) electrons. The Bertz CT molecular complexity index is 645. The number of nitrogens with zero attached hydrogens (tertiary/aromatic N) is 2. The first kappa shape index (κ1) is 13.6. The molecule has 0 bridgehead atoms. The molecule has 1 fully saturated rings. The van der Waals surface area contributed by atoms with Gasteiger partial charge in [-0.15, -0.1) is 0 Å². The summed E-state index contributed by atoms with van der Waals surface area (Å²) < 4.78 is 0. The number of benzene rings is 1. The minimum atomic E-state index is 0.605. The van der Waals surface area contributed by atoms with Crippen LogP contribution in [0, 0.1) is 11.3 Å². The van der Waals surface area contributed by atoms with E-state index in [1.807, 2.05) is 53.9 Å². The van der Waals surface area contributed by atoms with E-state index in [-0.39, 0.29) is 0 Å². The summed E-state index contributed by atoms with van der Waals surface area (Å²) in [7, 11) is 0. The van der Waals surface area contributed by atoms with Crippen LogP contribution in [0.2, 0.25) is 0 Å². The Balaban J connectivity index is 1.80. The minimum Gasteiger partial charge on any atom is -0.368 e. The fraction of sp³-hybridized carbons (Fsp3) is 0.333. The summed E-state index contributed by atoms with van der Waals surface area (Å²) in [6.07, 6.45) is 0. The molecule has 1 aliphatic heterocycles. The highest BCUT2D eigenvalue weighted by molar-refractivity contribution is 8.06. The van der Waals surface area contributed by atoms with Crippen molar-refractivity contribution in [3.05, 3.63) is 35.9 Å². The van der Waals surface area contributed by atoms with Gasteiger partial charge < -0.3 is 5.32 Å². The van der Waals surface area contributed by atoms with Crippen LogP contribution in [0.25, 0.3) is 10.9 Å². The van der Waals surface area contributed by atoms with Crippen LogP contribution >= 0.6 is 23.5 Å². The van der Waals surface area contributed by atoms with Crippen LogP contribution in [-0.2, 0) is 0 Å². The quantitative estimate of drug-likeness (QED) is 0.942. The predicted octanol–water partition coefficient (Wildman–Crippen LogP) is 3.37. The predicted molar refractivity (Wildman–Crippen MR) is 88.5 cm³/mol. The van der Waals surface area contributed by atoms with Crippen LogP contribution in [0.4, 0.5) is 5.82 Å². The zero-order chi connectivity index (χ0) is 13.8. The van der Waals surface area contributed by atoms with E-state index >= 15 is 0 Å². The van der Waals surface area contributed by atoms with Crippen molar-refractivity contribution >= 4 is 40.2 Å². The zero-order valence-corrected chi connectivity index (χ0v) is 12.6. The molecule has 0 saturated carbocycles. The number of aromatic nitrogens is 1. The lowest BCUT2D eigenvalue weighted by atomic mass is 10.1. The molecule has 1 aromatic heterocycles. The lowest BCUT2D eigenvalue weighted by Crippen LogP contribution is -2.23. The largest absolute Gasteiger partial charge is 0.368 e. The maximum absolute atomic E-state index is 9.28. The van der Waals surface area contributed by atoms with Gasteiger partial charge in [0.1, 0.15) is 11.9 Å². The van der Waals surface area contributed by atoms with Crippen molar-refractivity contribution in [3.8, 4) is 6.07 Å². The van der Waals surface area contributed by atoms with Crippen molar-refractivity contribution in [1.82, 2.24) is 4.98 Å². The van der Waals surface area contributed by atoms with Gasteiger partial charge in [-0.25, -0.2) is 4.98 Å². The molecular weight excluding hydrogens is 286 g/mol. The maximum atomic E-state index is 9.28. The normalized spacial score (nSPS) is 18.6. The second-order valence-electron chi connectivity index (χ2n) is 4.64. The van der Waals surface area contributed by atoms with Gasteiger partial charge in [-0.1, -0.05) is 18.2 Å². The van der Waals surface area contributed by atoms with Crippen molar-refractivity contribution in [2.24, 2.45) is 0 Å². The summed E-state index contributed by atoms with van der Waals surface area (Å²) >= 11 is 4.01. The highest BCUT2D eigenvalue weighted by Crippen LogP contribution is 2.25. The first-order chi connectivity index (χ1) is 9.86. The molecule has 3 rings (SSSR count). The molecule has 1 aliphatic rings. The van der Waals surface area contributed by atoms with Crippen molar-refractivity contribution in [1.29, 1.82) is 5.26 Å². The summed E-state index contributed by atoms with van der Waals surface area (Å²) in [6.45, 7) is 0.873. The van der Waals surface area contributed by atoms with Crippen LogP contribution < -0.4 is 5.32 Å². The Morgan fingerprint density at radius 3 is 3.05 bits per heavy atom. The van der Waals surface area contributed by atoms with Gasteiger partial charge in [0.2, 0.25) is 0 Å². The number of anilines is 1. The first-order valence-electron chi connectivity index (χ1n) is 6.60. The van der Waals surface area contributed by atoms with Gasteiger partial charge in [0.15, 0.2) is 0 Å². The van der Waals surface area contributed by atoms with Crippen molar-refractivity contribution < 1.29 is 0 Å². The Labute approximate surface area is 127 Å². The Kier molecular flexibility index (Phi) is 4.34. The summed E-state index contributed by atoms with van der Waals surface area (Å²) in [4.78, 5) is 4.58. The Morgan fingerprint density at radius 1 is 1.35 bits per heavy atom.